The summed E-state index contributed by atoms with van der Waals surface area (Å²) in [6.45, 7) is 4.45. The Hall–Kier alpha value is -1.11. The van der Waals surface area contributed by atoms with E-state index in [0.717, 1.165) is 18.4 Å². The summed E-state index contributed by atoms with van der Waals surface area (Å²) in [7, 11) is 0. The summed E-state index contributed by atoms with van der Waals surface area (Å²) in [6.07, 6.45) is 1.84. The topological polar surface area (TPSA) is 49.4 Å². The molecule has 0 bridgehead atoms. The molecule has 0 aliphatic heterocycles. The lowest BCUT2D eigenvalue weighted by atomic mass is 10.1. The van der Waals surface area contributed by atoms with Gasteiger partial charge in [-0.3, -0.25) is 9.59 Å². The highest BCUT2D eigenvalue weighted by Crippen LogP contribution is 2.29. The van der Waals surface area contributed by atoms with Crippen molar-refractivity contribution >= 4 is 70.0 Å². The molecule has 174 valence electrons. The van der Waals surface area contributed by atoms with Gasteiger partial charge in [0.2, 0.25) is 11.8 Å². The van der Waals surface area contributed by atoms with E-state index in [0.29, 0.717) is 38.0 Å². The van der Waals surface area contributed by atoms with Crippen LogP contribution < -0.4 is 5.32 Å². The third-order valence-corrected chi connectivity index (χ3v) is 7.28. The lowest BCUT2D eigenvalue weighted by Crippen LogP contribution is -2.48. The minimum atomic E-state index is -0.684. The van der Waals surface area contributed by atoms with Crippen LogP contribution >= 0.6 is 58.2 Å². The maximum Gasteiger partial charge on any atom is 0.242 e. The molecule has 0 saturated carbocycles. The molecule has 32 heavy (non-hydrogen) atoms. The van der Waals surface area contributed by atoms with Gasteiger partial charge < -0.3 is 10.2 Å². The van der Waals surface area contributed by atoms with Crippen LogP contribution in [0.3, 0.4) is 0 Å². The fourth-order valence-corrected chi connectivity index (χ4v) is 5.13. The van der Waals surface area contributed by atoms with Crippen molar-refractivity contribution in [3.05, 3.63) is 67.6 Å². The molecule has 0 heterocycles. The largest absolute Gasteiger partial charge is 0.354 e. The zero-order valence-corrected chi connectivity index (χ0v) is 21.8. The molecular weight excluding hydrogens is 510 g/mol. The SMILES string of the molecule is CCCCNC(=O)C(C)N(Cc1c(Cl)cccc1Cl)C(=O)CSCc1c(Cl)cccc1Cl. The van der Waals surface area contributed by atoms with Crippen molar-refractivity contribution in [2.24, 2.45) is 0 Å². The van der Waals surface area contributed by atoms with Crippen molar-refractivity contribution in [3.8, 4) is 0 Å². The molecular formula is C23H26Cl4N2O2S. The number of rotatable bonds is 11. The van der Waals surface area contributed by atoms with Gasteiger partial charge in [0, 0.05) is 44.5 Å². The number of benzene rings is 2. The van der Waals surface area contributed by atoms with Crippen LogP contribution in [0.2, 0.25) is 20.1 Å². The second-order valence-corrected chi connectivity index (χ2v) is 9.85. The van der Waals surface area contributed by atoms with E-state index in [1.807, 2.05) is 6.92 Å². The standard InChI is InChI=1S/C23H26Cl4N2O2S/c1-3-4-11-28-23(31)15(2)29(12-16-18(24)7-5-8-19(16)25)22(30)14-32-13-17-20(26)9-6-10-21(17)27/h5-10,15H,3-4,11-14H2,1-2H3,(H,28,31). The molecule has 4 nitrogen and oxygen atoms in total. The lowest BCUT2D eigenvalue weighted by Gasteiger charge is -2.29. The van der Waals surface area contributed by atoms with Crippen molar-refractivity contribution in [1.29, 1.82) is 0 Å². The van der Waals surface area contributed by atoms with Crippen LogP contribution in [0.1, 0.15) is 37.8 Å². The van der Waals surface area contributed by atoms with Crippen LogP contribution in [0.4, 0.5) is 0 Å². The van der Waals surface area contributed by atoms with E-state index >= 15 is 0 Å². The number of nitrogens with zero attached hydrogens (tertiary/aromatic N) is 1. The van der Waals surface area contributed by atoms with Crippen molar-refractivity contribution in [1.82, 2.24) is 10.2 Å². The number of hydrogen-bond donors (Lipinski definition) is 1. The van der Waals surface area contributed by atoms with E-state index < -0.39 is 6.04 Å². The summed E-state index contributed by atoms with van der Waals surface area (Å²) in [4.78, 5) is 27.4. The van der Waals surface area contributed by atoms with Crippen LogP contribution in [0.5, 0.6) is 0 Å². The second kappa shape index (κ2) is 13.6. The van der Waals surface area contributed by atoms with Gasteiger partial charge in [-0.25, -0.2) is 0 Å². The molecule has 2 rings (SSSR count). The van der Waals surface area contributed by atoms with E-state index in [1.54, 1.807) is 43.3 Å². The van der Waals surface area contributed by atoms with Crippen molar-refractivity contribution in [2.75, 3.05) is 12.3 Å². The predicted molar refractivity (Wildman–Crippen MR) is 137 cm³/mol. The molecule has 0 saturated heterocycles. The first kappa shape index (κ1) is 27.1. The molecule has 0 fully saturated rings. The highest BCUT2D eigenvalue weighted by atomic mass is 35.5. The monoisotopic (exact) mass is 534 g/mol. The van der Waals surface area contributed by atoms with Gasteiger partial charge in [0.05, 0.1) is 5.75 Å². The fraction of sp³-hybridized carbons (Fsp3) is 0.391. The Morgan fingerprint density at radius 2 is 1.50 bits per heavy atom. The van der Waals surface area contributed by atoms with Crippen LogP contribution in [0, 0.1) is 0 Å². The maximum atomic E-state index is 13.2. The Kier molecular flexibility index (Phi) is 11.5. The van der Waals surface area contributed by atoms with Gasteiger partial charge in [-0.15, -0.1) is 11.8 Å². The van der Waals surface area contributed by atoms with Crippen LogP contribution in [0.15, 0.2) is 36.4 Å². The number of thioether (sulfide) groups is 1. The number of amides is 2. The van der Waals surface area contributed by atoms with Crippen molar-refractivity contribution in [2.45, 2.75) is 45.0 Å². The summed E-state index contributed by atoms with van der Waals surface area (Å²) in [5.74, 6) is 0.208. The summed E-state index contributed by atoms with van der Waals surface area (Å²) in [5, 5.41) is 4.90. The lowest BCUT2D eigenvalue weighted by molar-refractivity contribution is -0.138. The number of hydrogen-bond acceptors (Lipinski definition) is 3. The zero-order valence-electron chi connectivity index (χ0n) is 18.0. The second-order valence-electron chi connectivity index (χ2n) is 7.24. The van der Waals surface area contributed by atoms with E-state index in [1.165, 1.54) is 16.7 Å². The van der Waals surface area contributed by atoms with E-state index in [2.05, 4.69) is 5.32 Å². The number of carbonyl (C=O) groups is 2. The Morgan fingerprint density at radius 1 is 0.969 bits per heavy atom. The molecule has 9 heteroatoms. The maximum absolute atomic E-state index is 13.2. The Labute approximate surface area is 213 Å². The minimum absolute atomic E-state index is 0.132. The van der Waals surface area contributed by atoms with Gasteiger partial charge in [-0.05, 0) is 43.2 Å². The first-order chi connectivity index (χ1) is 15.3. The molecule has 2 aromatic carbocycles. The molecule has 2 aromatic rings. The Bertz CT molecular complexity index is 902. The normalized spacial score (nSPS) is 11.8. The molecule has 1 unspecified atom stereocenters. The van der Waals surface area contributed by atoms with Gasteiger partial charge in [-0.2, -0.15) is 0 Å². The smallest absolute Gasteiger partial charge is 0.242 e. The highest BCUT2D eigenvalue weighted by molar-refractivity contribution is 7.99. The minimum Gasteiger partial charge on any atom is -0.354 e. The van der Waals surface area contributed by atoms with Gasteiger partial charge in [0.25, 0.3) is 0 Å². The van der Waals surface area contributed by atoms with Crippen molar-refractivity contribution < 1.29 is 9.59 Å². The summed E-state index contributed by atoms with van der Waals surface area (Å²) >= 11 is 26.5. The van der Waals surface area contributed by atoms with E-state index in [9.17, 15) is 9.59 Å². The number of halogens is 4. The highest BCUT2D eigenvalue weighted by Gasteiger charge is 2.27. The zero-order chi connectivity index (χ0) is 23.7. The quantitative estimate of drug-likeness (QED) is 0.319. The van der Waals surface area contributed by atoms with Gasteiger partial charge in [-0.1, -0.05) is 71.9 Å². The first-order valence-corrected chi connectivity index (χ1v) is 12.9. The molecule has 1 N–H and O–H groups in total. The molecule has 0 aromatic heterocycles. The number of carbonyl (C=O) groups excluding carboxylic acids is 2. The van der Waals surface area contributed by atoms with Crippen LogP contribution in [-0.4, -0.2) is 35.1 Å². The summed E-state index contributed by atoms with van der Waals surface area (Å²) in [5.41, 5.74) is 1.39. The van der Waals surface area contributed by atoms with E-state index in [-0.39, 0.29) is 24.1 Å². The number of unbranched alkanes of at least 4 members (excludes halogenated alkanes) is 1. The summed E-state index contributed by atoms with van der Waals surface area (Å²) < 4.78 is 0. The average molecular weight is 536 g/mol. The van der Waals surface area contributed by atoms with Gasteiger partial charge in [0.15, 0.2) is 0 Å². The molecule has 0 aliphatic rings. The first-order valence-electron chi connectivity index (χ1n) is 10.3. The number of nitrogens with one attached hydrogen (secondary N) is 1. The van der Waals surface area contributed by atoms with Crippen molar-refractivity contribution in [3.63, 3.8) is 0 Å². The van der Waals surface area contributed by atoms with Gasteiger partial charge >= 0.3 is 0 Å². The average Bonchev–Trinajstić information content (AvgIpc) is 2.75. The summed E-state index contributed by atoms with van der Waals surface area (Å²) in [6, 6.07) is 9.79. The predicted octanol–water partition coefficient (Wildman–Crippen LogP) is 6.87. The Balaban J connectivity index is 2.15. The molecule has 0 radical (unpaired) electrons. The van der Waals surface area contributed by atoms with Crippen LogP contribution in [-0.2, 0) is 21.9 Å². The molecule has 2 amide bonds. The fourth-order valence-electron chi connectivity index (χ4n) is 2.97. The Morgan fingerprint density at radius 3 is 2.03 bits per heavy atom. The molecule has 1 atom stereocenters. The third kappa shape index (κ3) is 7.74. The molecule has 0 aliphatic carbocycles. The molecule has 0 spiro atoms. The van der Waals surface area contributed by atoms with Crippen LogP contribution in [0.25, 0.3) is 0 Å². The van der Waals surface area contributed by atoms with Gasteiger partial charge in [0.1, 0.15) is 6.04 Å². The third-order valence-electron chi connectivity index (χ3n) is 4.92. The van der Waals surface area contributed by atoms with E-state index in [4.69, 9.17) is 46.4 Å².